The molecule has 0 aromatic heterocycles. The van der Waals surface area contributed by atoms with Crippen LogP contribution in [-0.4, -0.2) is 35.1 Å². The summed E-state index contributed by atoms with van der Waals surface area (Å²) in [5.74, 6) is 0.355. The summed E-state index contributed by atoms with van der Waals surface area (Å²) >= 11 is 0. The largest absolute Gasteiger partial charge is 0.497 e. The van der Waals surface area contributed by atoms with Crippen molar-refractivity contribution in [3.8, 4) is 11.5 Å². The summed E-state index contributed by atoms with van der Waals surface area (Å²) in [7, 11) is -1.13. The zero-order valence-corrected chi connectivity index (χ0v) is 22.4. The Hall–Kier alpha value is -3.52. The van der Waals surface area contributed by atoms with Crippen LogP contribution in [0.2, 0.25) is 0 Å². The number of benzene rings is 3. The maximum atomic E-state index is 13.8. The van der Waals surface area contributed by atoms with Gasteiger partial charge in [-0.25, -0.2) is 8.42 Å². The summed E-state index contributed by atoms with van der Waals surface area (Å²) in [4.78, 5) is 13.5. The number of nitrogens with one attached hydrogen (secondary N) is 1. The molecule has 0 spiro atoms. The van der Waals surface area contributed by atoms with Crippen LogP contribution in [0.15, 0.2) is 71.6 Å². The molecule has 0 heterocycles. The minimum Gasteiger partial charge on any atom is -0.497 e. The number of sulfonamides is 1. The fourth-order valence-electron chi connectivity index (χ4n) is 4.77. The van der Waals surface area contributed by atoms with E-state index in [9.17, 15) is 13.2 Å². The third kappa shape index (κ3) is 5.91. The van der Waals surface area contributed by atoms with Crippen molar-refractivity contribution in [1.82, 2.24) is 5.32 Å². The Morgan fingerprint density at radius 1 is 0.946 bits per heavy atom. The first-order valence-corrected chi connectivity index (χ1v) is 14.0. The third-order valence-electron chi connectivity index (χ3n) is 6.79. The highest BCUT2D eigenvalue weighted by molar-refractivity contribution is 7.92. The van der Waals surface area contributed by atoms with Gasteiger partial charge >= 0.3 is 0 Å². The monoisotopic (exact) mass is 522 g/mol. The van der Waals surface area contributed by atoms with Gasteiger partial charge in [0.2, 0.25) is 5.91 Å². The lowest BCUT2D eigenvalue weighted by Crippen LogP contribution is -2.42. The number of anilines is 1. The van der Waals surface area contributed by atoms with Gasteiger partial charge in [-0.15, -0.1) is 0 Å². The molecular weight excluding hydrogens is 488 g/mol. The number of nitrogens with zero attached hydrogens (tertiary/aromatic N) is 1. The van der Waals surface area contributed by atoms with Crippen LogP contribution in [0.25, 0.3) is 0 Å². The van der Waals surface area contributed by atoms with E-state index in [4.69, 9.17) is 9.47 Å². The molecule has 0 radical (unpaired) electrons. The lowest BCUT2D eigenvalue weighted by atomic mass is 9.89. The molecule has 1 aliphatic carbocycles. The average molecular weight is 523 g/mol. The summed E-state index contributed by atoms with van der Waals surface area (Å²) in [6.45, 7) is 1.59. The highest BCUT2D eigenvalue weighted by atomic mass is 32.2. The number of aryl methyl sites for hydroxylation is 2. The normalized spacial score (nSPS) is 13.8. The maximum absolute atomic E-state index is 13.8. The van der Waals surface area contributed by atoms with E-state index in [1.54, 1.807) is 36.4 Å². The van der Waals surface area contributed by atoms with Gasteiger partial charge in [-0.05, 0) is 73.1 Å². The molecule has 196 valence electrons. The molecule has 1 atom stereocenters. The van der Waals surface area contributed by atoms with E-state index >= 15 is 0 Å². The zero-order chi connectivity index (χ0) is 26.4. The van der Waals surface area contributed by atoms with Gasteiger partial charge in [0.1, 0.15) is 18.0 Å². The minimum absolute atomic E-state index is 0.0781. The van der Waals surface area contributed by atoms with Crippen LogP contribution in [0.1, 0.15) is 48.9 Å². The molecule has 0 saturated carbocycles. The molecule has 8 heteroatoms. The second kappa shape index (κ2) is 11.7. The van der Waals surface area contributed by atoms with Crippen LogP contribution in [0.4, 0.5) is 5.69 Å². The molecule has 3 aromatic carbocycles. The van der Waals surface area contributed by atoms with Gasteiger partial charge in [-0.2, -0.15) is 0 Å². The Balaban J connectivity index is 1.66. The summed E-state index contributed by atoms with van der Waals surface area (Å²) in [6.07, 6.45) is 5.20. The van der Waals surface area contributed by atoms with Crippen molar-refractivity contribution in [3.05, 3.63) is 83.4 Å². The predicted molar refractivity (Wildman–Crippen MR) is 145 cm³/mol. The second-order valence-electron chi connectivity index (χ2n) is 9.13. The van der Waals surface area contributed by atoms with Crippen LogP contribution in [-0.2, 0) is 27.7 Å². The first-order valence-electron chi connectivity index (χ1n) is 12.6. The van der Waals surface area contributed by atoms with Gasteiger partial charge in [0.05, 0.1) is 30.8 Å². The van der Waals surface area contributed by atoms with Crippen molar-refractivity contribution < 1.29 is 22.7 Å². The standard InChI is InChI=1S/C29H34N2O5S/c1-4-26(23-15-14-21-10-8-9-11-22(21)18-23)30-29(32)20-31(37(33,34)25-12-6-5-7-13-25)27-19-24(35-2)16-17-28(27)36-3/h5-7,12-19,26H,4,8-11,20H2,1-3H3,(H,30,32). The molecule has 3 aromatic rings. The molecular formula is C29H34N2O5S. The summed E-state index contributed by atoms with van der Waals surface area (Å²) in [5, 5.41) is 3.06. The molecule has 1 N–H and O–H groups in total. The number of ether oxygens (including phenoxy) is 2. The molecule has 0 aliphatic heterocycles. The molecule has 1 unspecified atom stereocenters. The Bertz CT molecular complexity index is 1340. The first kappa shape index (κ1) is 26.5. The van der Waals surface area contributed by atoms with Crippen LogP contribution in [0.3, 0.4) is 0 Å². The number of fused-ring (bicyclic) bond motifs is 1. The van der Waals surface area contributed by atoms with Crippen molar-refractivity contribution in [2.24, 2.45) is 0 Å². The Labute approximate surface area is 219 Å². The zero-order valence-electron chi connectivity index (χ0n) is 21.6. The number of rotatable bonds is 10. The van der Waals surface area contributed by atoms with Crippen LogP contribution >= 0.6 is 0 Å². The molecule has 0 fully saturated rings. The highest BCUT2D eigenvalue weighted by Crippen LogP contribution is 2.35. The van der Waals surface area contributed by atoms with Gasteiger partial charge in [-0.1, -0.05) is 43.3 Å². The van der Waals surface area contributed by atoms with E-state index in [0.29, 0.717) is 17.9 Å². The SMILES string of the molecule is CCC(NC(=O)CN(c1cc(OC)ccc1OC)S(=O)(=O)c1ccccc1)c1ccc2c(c1)CCCC2. The quantitative estimate of drug-likeness (QED) is 0.403. The number of hydrogen-bond donors (Lipinski definition) is 1. The van der Waals surface area contributed by atoms with E-state index in [0.717, 1.165) is 22.7 Å². The van der Waals surface area contributed by atoms with E-state index < -0.39 is 22.5 Å². The van der Waals surface area contributed by atoms with Gasteiger partial charge in [-0.3, -0.25) is 9.10 Å². The molecule has 7 nitrogen and oxygen atoms in total. The summed E-state index contributed by atoms with van der Waals surface area (Å²) in [6, 6.07) is 19.1. The number of carbonyl (C=O) groups excluding carboxylic acids is 1. The lowest BCUT2D eigenvalue weighted by molar-refractivity contribution is -0.120. The van der Waals surface area contributed by atoms with Crippen LogP contribution < -0.4 is 19.1 Å². The molecule has 0 bridgehead atoms. The van der Waals surface area contributed by atoms with E-state index in [-0.39, 0.29) is 16.6 Å². The van der Waals surface area contributed by atoms with Crippen molar-refractivity contribution >= 4 is 21.6 Å². The second-order valence-corrected chi connectivity index (χ2v) is 11.0. The summed E-state index contributed by atoms with van der Waals surface area (Å²) < 4.78 is 39.4. The van der Waals surface area contributed by atoms with Gasteiger partial charge < -0.3 is 14.8 Å². The molecule has 0 saturated heterocycles. The fourth-order valence-corrected chi connectivity index (χ4v) is 6.22. The van der Waals surface area contributed by atoms with Crippen LogP contribution in [0.5, 0.6) is 11.5 Å². The van der Waals surface area contributed by atoms with Crippen molar-refractivity contribution in [2.75, 3.05) is 25.1 Å². The Morgan fingerprint density at radius 2 is 1.68 bits per heavy atom. The van der Waals surface area contributed by atoms with Crippen molar-refractivity contribution in [1.29, 1.82) is 0 Å². The third-order valence-corrected chi connectivity index (χ3v) is 8.57. The Morgan fingerprint density at radius 3 is 2.35 bits per heavy atom. The van der Waals surface area contributed by atoms with Gasteiger partial charge in [0, 0.05) is 6.07 Å². The van der Waals surface area contributed by atoms with E-state index in [2.05, 4.69) is 23.5 Å². The fraction of sp³-hybridized carbons (Fsp3) is 0.345. The predicted octanol–water partition coefficient (Wildman–Crippen LogP) is 5.05. The smallest absolute Gasteiger partial charge is 0.264 e. The average Bonchev–Trinajstić information content (AvgIpc) is 2.94. The van der Waals surface area contributed by atoms with E-state index in [1.807, 2.05) is 6.92 Å². The van der Waals surface area contributed by atoms with Gasteiger partial charge in [0.25, 0.3) is 10.0 Å². The lowest BCUT2D eigenvalue weighted by Gasteiger charge is -2.27. The Kier molecular flexibility index (Phi) is 8.38. The van der Waals surface area contributed by atoms with E-state index in [1.165, 1.54) is 50.3 Å². The molecule has 4 rings (SSSR count). The first-order chi connectivity index (χ1) is 17.9. The topological polar surface area (TPSA) is 84.9 Å². The van der Waals surface area contributed by atoms with Crippen molar-refractivity contribution in [2.45, 2.75) is 50.0 Å². The molecule has 1 aliphatic rings. The van der Waals surface area contributed by atoms with Crippen LogP contribution in [0, 0.1) is 0 Å². The summed E-state index contributed by atoms with van der Waals surface area (Å²) in [5.41, 5.74) is 3.97. The molecule has 37 heavy (non-hydrogen) atoms. The number of carbonyl (C=O) groups is 1. The number of hydrogen-bond acceptors (Lipinski definition) is 5. The van der Waals surface area contributed by atoms with Gasteiger partial charge in [0.15, 0.2) is 0 Å². The number of methoxy groups -OCH3 is 2. The number of amides is 1. The van der Waals surface area contributed by atoms with Crippen molar-refractivity contribution in [3.63, 3.8) is 0 Å². The highest BCUT2D eigenvalue weighted by Gasteiger charge is 2.30. The molecule has 1 amide bonds. The minimum atomic E-state index is -4.09. The maximum Gasteiger partial charge on any atom is 0.264 e.